The van der Waals surface area contributed by atoms with Gasteiger partial charge in [-0.2, -0.15) is 5.26 Å². The molecular formula is C10H8FNO2. The number of halogens is 1. The average molecular weight is 193 g/mol. The van der Waals surface area contributed by atoms with Crippen molar-refractivity contribution in [2.45, 2.75) is 13.3 Å². The van der Waals surface area contributed by atoms with Crippen LogP contribution < -0.4 is 4.74 Å². The second-order valence-corrected chi connectivity index (χ2v) is 2.56. The Morgan fingerprint density at radius 3 is 2.93 bits per heavy atom. The largest absolute Gasteiger partial charge is 0.423 e. The topological polar surface area (TPSA) is 50.1 Å². The van der Waals surface area contributed by atoms with E-state index in [1.54, 1.807) is 13.0 Å². The number of esters is 1. The van der Waals surface area contributed by atoms with Crippen LogP contribution in [0, 0.1) is 17.1 Å². The lowest BCUT2D eigenvalue weighted by Gasteiger charge is -2.03. The Hall–Kier alpha value is -1.89. The SMILES string of the molecule is CCC(=O)Oc1cccc(C#N)c1F. The first-order valence-electron chi connectivity index (χ1n) is 4.08. The number of hydrogen-bond donors (Lipinski definition) is 0. The van der Waals surface area contributed by atoms with E-state index in [1.807, 2.05) is 0 Å². The van der Waals surface area contributed by atoms with Gasteiger partial charge in [0.1, 0.15) is 6.07 Å². The molecule has 0 aliphatic carbocycles. The van der Waals surface area contributed by atoms with Gasteiger partial charge >= 0.3 is 5.97 Å². The van der Waals surface area contributed by atoms with E-state index < -0.39 is 11.8 Å². The number of hydrogen-bond acceptors (Lipinski definition) is 3. The number of carbonyl (C=O) groups excluding carboxylic acids is 1. The molecule has 0 amide bonds. The lowest BCUT2D eigenvalue weighted by Crippen LogP contribution is -2.07. The molecule has 0 radical (unpaired) electrons. The van der Waals surface area contributed by atoms with Gasteiger partial charge in [-0.1, -0.05) is 13.0 Å². The smallest absolute Gasteiger partial charge is 0.310 e. The summed E-state index contributed by atoms with van der Waals surface area (Å²) in [6.07, 6.45) is 0.163. The Kier molecular flexibility index (Phi) is 3.19. The maximum Gasteiger partial charge on any atom is 0.310 e. The molecule has 1 aromatic rings. The van der Waals surface area contributed by atoms with Crippen molar-refractivity contribution in [2.75, 3.05) is 0 Å². The third kappa shape index (κ3) is 2.07. The number of rotatable bonds is 2. The highest BCUT2D eigenvalue weighted by atomic mass is 19.1. The van der Waals surface area contributed by atoms with Gasteiger partial charge in [0.2, 0.25) is 0 Å². The molecule has 0 aliphatic heterocycles. The molecule has 0 aliphatic rings. The van der Waals surface area contributed by atoms with E-state index in [0.29, 0.717) is 0 Å². The van der Waals surface area contributed by atoms with E-state index in [0.717, 1.165) is 0 Å². The molecule has 1 aromatic carbocycles. The van der Waals surface area contributed by atoms with Crippen LogP contribution in [-0.4, -0.2) is 5.97 Å². The summed E-state index contributed by atoms with van der Waals surface area (Å²) in [4.78, 5) is 10.9. The van der Waals surface area contributed by atoms with Crippen molar-refractivity contribution in [3.8, 4) is 11.8 Å². The second kappa shape index (κ2) is 4.38. The van der Waals surface area contributed by atoms with E-state index >= 15 is 0 Å². The third-order valence-corrected chi connectivity index (χ3v) is 1.60. The first kappa shape index (κ1) is 10.2. The minimum absolute atomic E-state index is 0.133. The number of ether oxygens (including phenoxy) is 1. The molecule has 72 valence electrons. The molecule has 4 heteroatoms. The Morgan fingerprint density at radius 1 is 1.64 bits per heavy atom. The molecular weight excluding hydrogens is 185 g/mol. The van der Waals surface area contributed by atoms with E-state index in [-0.39, 0.29) is 17.7 Å². The zero-order valence-corrected chi connectivity index (χ0v) is 7.58. The zero-order valence-electron chi connectivity index (χ0n) is 7.58. The van der Waals surface area contributed by atoms with Gasteiger partial charge in [0.25, 0.3) is 0 Å². The van der Waals surface area contributed by atoms with Crippen LogP contribution in [0.25, 0.3) is 0 Å². The van der Waals surface area contributed by atoms with Crippen molar-refractivity contribution in [1.29, 1.82) is 5.26 Å². The van der Waals surface area contributed by atoms with Gasteiger partial charge in [0.15, 0.2) is 11.6 Å². The first-order chi connectivity index (χ1) is 6.69. The maximum atomic E-state index is 13.3. The molecule has 0 fully saturated rings. The Labute approximate surface area is 80.7 Å². The second-order valence-electron chi connectivity index (χ2n) is 2.56. The summed E-state index contributed by atoms with van der Waals surface area (Å²) in [6.45, 7) is 1.61. The van der Waals surface area contributed by atoms with Crippen LogP contribution in [-0.2, 0) is 4.79 Å². The molecule has 0 unspecified atom stereocenters. The van der Waals surface area contributed by atoms with Gasteiger partial charge in [-0.3, -0.25) is 4.79 Å². The fourth-order valence-corrected chi connectivity index (χ4v) is 0.871. The van der Waals surface area contributed by atoms with Crippen LogP contribution in [0.4, 0.5) is 4.39 Å². The molecule has 0 bridgehead atoms. The number of nitriles is 1. The molecule has 0 atom stereocenters. The molecule has 0 saturated heterocycles. The zero-order chi connectivity index (χ0) is 10.6. The summed E-state index contributed by atoms with van der Waals surface area (Å²) >= 11 is 0. The summed E-state index contributed by atoms with van der Waals surface area (Å²) < 4.78 is 17.9. The predicted molar refractivity (Wildman–Crippen MR) is 47.0 cm³/mol. The maximum absolute atomic E-state index is 13.3. The summed E-state index contributed by atoms with van der Waals surface area (Å²) in [7, 11) is 0. The summed E-state index contributed by atoms with van der Waals surface area (Å²) in [5.41, 5.74) is -0.133. The number of nitrogens with zero attached hydrogens (tertiary/aromatic N) is 1. The van der Waals surface area contributed by atoms with Crippen LogP contribution >= 0.6 is 0 Å². The van der Waals surface area contributed by atoms with Crippen molar-refractivity contribution < 1.29 is 13.9 Å². The Morgan fingerprint density at radius 2 is 2.36 bits per heavy atom. The van der Waals surface area contributed by atoms with Gasteiger partial charge in [-0.25, -0.2) is 4.39 Å². The standard InChI is InChI=1S/C10H8FNO2/c1-2-9(13)14-8-5-3-4-7(6-12)10(8)11/h3-5H,2H2,1H3. The van der Waals surface area contributed by atoms with E-state index in [4.69, 9.17) is 5.26 Å². The lowest BCUT2D eigenvalue weighted by molar-refractivity contribution is -0.134. The van der Waals surface area contributed by atoms with Gasteiger partial charge in [0, 0.05) is 6.42 Å². The van der Waals surface area contributed by atoms with Gasteiger partial charge < -0.3 is 4.74 Å². The van der Waals surface area contributed by atoms with Crippen molar-refractivity contribution >= 4 is 5.97 Å². The predicted octanol–water partition coefficient (Wildman–Crippen LogP) is 2.01. The fourth-order valence-electron chi connectivity index (χ4n) is 0.871. The number of benzene rings is 1. The quantitative estimate of drug-likeness (QED) is 0.533. The highest BCUT2D eigenvalue weighted by Gasteiger charge is 2.11. The minimum atomic E-state index is -0.795. The fraction of sp³-hybridized carbons (Fsp3) is 0.200. The monoisotopic (exact) mass is 193 g/mol. The molecule has 0 N–H and O–H groups in total. The molecule has 0 aromatic heterocycles. The summed E-state index contributed by atoms with van der Waals surface area (Å²) in [6, 6.07) is 5.75. The highest BCUT2D eigenvalue weighted by Crippen LogP contribution is 2.19. The Bertz CT molecular complexity index is 396. The van der Waals surface area contributed by atoms with Crippen LogP contribution in [0.15, 0.2) is 18.2 Å². The average Bonchev–Trinajstić information content (AvgIpc) is 2.21. The molecule has 3 nitrogen and oxygen atoms in total. The van der Waals surface area contributed by atoms with E-state index in [9.17, 15) is 9.18 Å². The van der Waals surface area contributed by atoms with Crippen LogP contribution in [0.5, 0.6) is 5.75 Å². The van der Waals surface area contributed by atoms with Gasteiger partial charge in [-0.05, 0) is 12.1 Å². The molecule has 0 saturated carbocycles. The number of carbonyl (C=O) groups is 1. The highest BCUT2D eigenvalue weighted by molar-refractivity contribution is 5.72. The molecule has 1 rings (SSSR count). The molecule has 0 spiro atoms. The van der Waals surface area contributed by atoms with E-state index in [1.165, 1.54) is 18.2 Å². The van der Waals surface area contributed by atoms with Crippen molar-refractivity contribution in [3.63, 3.8) is 0 Å². The van der Waals surface area contributed by atoms with Crippen molar-refractivity contribution in [1.82, 2.24) is 0 Å². The lowest BCUT2D eigenvalue weighted by atomic mass is 10.2. The van der Waals surface area contributed by atoms with Gasteiger partial charge in [-0.15, -0.1) is 0 Å². The first-order valence-corrected chi connectivity index (χ1v) is 4.08. The summed E-state index contributed by atoms with van der Waals surface area (Å²) in [5.74, 6) is -1.52. The van der Waals surface area contributed by atoms with Crippen LogP contribution in [0.2, 0.25) is 0 Å². The third-order valence-electron chi connectivity index (χ3n) is 1.60. The molecule has 14 heavy (non-hydrogen) atoms. The van der Waals surface area contributed by atoms with Crippen LogP contribution in [0.1, 0.15) is 18.9 Å². The molecule has 0 heterocycles. The van der Waals surface area contributed by atoms with Crippen LogP contribution in [0.3, 0.4) is 0 Å². The Balaban J connectivity index is 2.99. The summed E-state index contributed by atoms with van der Waals surface area (Å²) in [5, 5.41) is 8.50. The van der Waals surface area contributed by atoms with Crippen molar-refractivity contribution in [3.05, 3.63) is 29.6 Å². The normalized spacial score (nSPS) is 9.21. The van der Waals surface area contributed by atoms with E-state index in [2.05, 4.69) is 4.74 Å². The van der Waals surface area contributed by atoms with Crippen molar-refractivity contribution in [2.24, 2.45) is 0 Å². The van der Waals surface area contributed by atoms with Gasteiger partial charge in [0.05, 0.1) is 5.56 Å². The minimum Gasteiger partial charge on any atom is -0.423 e.